The summed E-state index contributed by atoms with van der Waals surface area (Å²) in [6.45, 7) is 2.00. The molecular formula is C23H19ClN2O2. The number of ether oxygens (including phenoxy) is 1. The summed E-state index contributed by atoms with van der Waals surface area (Å²) in [7, 11) is 1.36. The van der Waals surface area contributed by atoms with Crippen LogP contribution in [0.25, 0.3) is 22.2 Å². The van der Waals surface area contributed by atoms with Gasteiger partial charge in [0.1, 0.15) is 5.69 Å². The van der Waals surface area contributed by atoms with Gasteiger partial charge in [0.25, 0.3) is 0 Å². The van der Waals surface area contributed by atoms with Crippen molar-refractivity contribution in [2.24, 2.45) is 0 Å². The monoisotopic (exact) mass is 390 g/mol. The SMILES string of the molecule is COC(=O)c1cccc(Cc2c(-c3ccccc3)[nH]c3cc(Cl)c(C)cc23)n1. The first-order valence-electron chi connectivity index (χ1n) is 8.97. The van der Waals surface area contributed by atoms with E-state index in [1.807, 2.05) is 43.3 Å². The number of aryl methyl sites for hydroxylation is 1. The first kappa shape index (κ1) is 18.3. The van der Waals surface area contributed by atoms with Crippen molar-refractivity contribution >= 4 is 28.5 Å². The fourth-order valence-corrected chi connectivity index (χ4v) is 3.56. The first-order chi connectivity index (χ1) is 13.6. The molecule has 0 spiro atoms. The van der Waals surface area contributed by atoms with Crippen LogP contribution in [0, 0.1) is 6.92 Å². The molecule has 0 fully saturated rings. The highest BCUT2D eigenvalue weighted by atomic mass is 35.5. The van der Waals surface area contributed by atoms with E-state index in [1.165, 1.54) is 7.11 Å². The molecule has 0 unspecified atom stereocenters. The standard InChI is InChI=1S/C23H19ClN2O2/c1-14-11-17-18(12-16-9-6-10-20(25-16)23(27)28-2)22(15-7-4-3-5-8-15)26-21(17)13-19(14)24/h3-11,13,26H,12H2,1-2H3. The second kappa shape index (κ2) is 7.49. The molecule has 0 aliphatic heterocycles. The van der Waals surface area contributed by atoms with Gasteiger partial charge in [-0.15, -0.1) is 0 Å². The van der Waals surface area contributed by atoms with E-state index in [0.29, 0.717) is 12.1 Å². The summed E-state index contributed by atoms with van der Waals surface area (Å²) in [4.78, 5) is 19.8. The number of aromatic amines is 1. The number of pyridine rings is 1. The molecule has 4 nitrogen and oxygen atoms in total. The van der Waals surface area contributed by atoms with Crippen LogP contribution < -0.4 is 0 Å². The summed E-state index contributed by atoms with van der Waals surface area (Å²) >= 11 is 6.34. The van der Waals surface area contributed by atoms with Crippen LogP contribution in [-0.4, -0.2) is 23.0 Å². The molecule has 0 aliphatic rings. The van der Waals surface area contributed by atoms with Gasteiger partial charge in [0, 0.05) is 28.0 Å². The lowest BCUT2D eigenvalue weighted by Gasteiger charge is -2.07. The molecule has 0 aliphatic carbocycles. The Morgan fingerprint density at radius 2 is 1.89 bits per heavy atom. The highest BCUT2D eigenvalue weighted by Gasteiger charge is 2.16. The fraction of sp³-hybridized carbons (Fsp3) is 0.130. The Morgan fingerprint density at radius 1 is 1.11 bits per heavy atom. The van der Waals surface area contributed by atoms with Gasteiger partial charge in [0.05, 0.1) is 12.8 Å². The predicted octanol–water partition coefficient (Wildman–Crippen LogP) is 5.57. The quantitative estimate of drug-likeness (QED) is 0.463. The van der Waals surface area contributed by atoms with E-state index in [9.17, 15) is 4.79 Å². The summed E-state index contributed by atoms with van der Waals surface area (Å²) in [6, 6.07) is 19.6. The van der Waals surface area contributed by atoms with Gasteiger partial charge < -0.3 is 9.72 Å². The normalized spacial score (nSPS) is 11.0. The highest BCUT2D eigenvalue weighted by molar-refractivity contribution is 6.32. The Kier molecular flexibility index (Phi) is 4.88. The van der Waals surface area contributed by atoms with Crippen molar-refractivity contribution < 1.29 is 9.53 Å². The van der Waals surface area contributed by atoms with Gasteiger partial charge in [-0.1, -0.05) is 48.0 Å². The number of esters is 1. The van der Waals surface area contributed by atoms with Crippen molar-refractivity contribution in [3.05, 3.63) is 88.2 Å². The topological polar surface area (TPSA) is 55.0 Å². The Morgan fingerprint density at radius 3 is 2.64 bits per heavy atom. The van der Waals surface area contributed by atoms with Crippen molar-refractivity contribution in [2.45, 2.75) is 13.3 Å². The van der Waals surface area contributed by atoms with E-state index in [1.54, 1.807) is 6.07 Å². The van der Waals surface area contributed by atoms with E-state index in [4.69, 9.17) is 16.3 Å². The number of H-pyrrole nitrogens is 1. The van der Waals surface area contributed by atoms with Crippen LogP contribution in [0.3, 0.4) is 0 Å². The minimum atomic E-state index is -0.438. The van der Waals surface area contributed by atoms with Crippen LogP contribution in [-0.2, 0) is 11.2 Å². The maximum Gasteiger partial charge on any atom is 0.356 e. The number of benzene rings is 2. The van der Waals surface area contributed by atoms with E-state index in [2.05, 4.69) is 28.2 Å². The van der Waals surface area contributed by atoms with Gasteiger partial charge in [-0.25, -0.2) is 9.78 Å². The number of hydrogen-bond donors (Lipinski definition) is 1. The molecule has 0 amide bonds. The average molecular weight is 391 g/mol. The summed E-state index contributed by atoms with van der Waals surface area (Å²) in [5, 5.41) is 1.83. The van der Waals surface area contributed by atoms with Gasteiger partial charge in [-0.3, -0.25) is 0 Å². The van der Waals surface area contributed by atoms with Crippen molar-refractivity contribution in [3.8, 4) is 11.3 Å². The molecule has 2 aromatic heterocycles. The number of nitrogens with one attached hydrogen (secondary N) is 1. The molecular weight excluding hydrogens is 372 g/mol. The van der Waals surface area contributed by atoms with Crippen LogP contribution in [0.15, 0.2) is 60.7 Å². The number of halogens is 1. The van der Waals surface area contributed by atoms with Crippen molar-refractivity contribution in [2.75, 3.05) is 7.11 Å². The molecule has 5 heteroatoms. The zero-order valence-corrected chi connectivity index (χ0v) is 16.4. The summed E-state index contributed by atoms with van der Waals surface area (Å²) in [6.07, 6.45) is 0.579. The molecule has 1 N–H and O–H groups in total. The smallest absolute Gasteiger partial charge is 0.356 e. The average Bonchev–Trinajstić information content (AvgIpc) is 3.06. The third-order valence-electron chi connectivity index (χ3n) is 4.81. The number of carbonyl (C=O) groups is 1. The number of fused-ring (bicyclic) bond motifs is 1. The van der Waals surface area contributed by atoms with Crippen LogP contribution in [0.5, 0.6) is 0 Å². The predicted molar refractivity (Wildman–Crippen MR) is 112 cm³/mol. The Labute approximate surface area is 168 Å². The molecule has 4 rings (SSSR count). The molecule has 0 saturated carbocycles. The van der Waals surface area contributed by atoms with Crippen LogP contribution >= 0.6 is 11.6 Å². The lowest BCUT2D eigenvalue weighted by Crippen LogP contribution is -2.06. The van der Waals surface area contributed by atoms with Crippen LogP contribution in [0.1, 0.15) is 27.3 Å². The zero-order valence-electron chi connectivity index (χ0n) is 15.6. The van der Waals surface area contributed by atoms with Crippen LogP contribution in [0.4, 0.5) is 0 Å². The molecule has 2 heterocycles. The minimum absolute atomic E-state index is 0.306. The molecule has 0 atom stereocenters. The van der Waals surface area contributed by atoms with Gasteiger partial charge in [0.2, 0.25) is 0 Å². The fourth-order valence-electron chi connectivity index (χ4n) is 3.39. The molecule has 140 valence electrons. The first-order valence-corrected chi connectivity index (χ1v) is 9.35. The van der Waals surface area contributed by atoms with Crippen LogP contribution in [0.2, 0.25) is 5.02 Å². The van der Waals surface area contributed by atoms with Crippen molar-refractivity contribution in [1.82, 2.24) is 9.97 Å². The van der Waals surface area contributed by atoms with E-state index < -0.39 is 5.97 Å². The second-order valence-corrected chi connectivity index (χ2v) is 7.08. The molecule has 28 heavy (non-hydrogen) atoms. The van der Waals surface area contributed by atoms with Gasteiger partial charge >= 0.3 is 5.97 Å². The summed E-state index contributed by atoms with van der Waals surface area (Å²) in [5.74, 6) is -0.438. The molecule has 0 saturated heterocycles. The third kappa shape index (κ3) is 3.39. The molecule has 0 radical (unpaired) electrons. The van der Waals surface area contributed by atoms with Gasteiger partial charge in [-0.05, 0) is 47.9 Å². The number of carbonyl (C=O) groups excluding carboxylic acids is 1. The third-order valence-corrected chi connectivity index (χ3v) is 5.21. The largest absolute Gasteiger partial charge is 0.464 e. The molecule has 2 aromatic carbocycles. The Bertz CT molecular complexity index is 1170. The second-order valence-electron chi connectivity index (χ2n) is 6.67. The van der Waals surface area contributed by atoms with Gasteiger partial charge in [0.15, 0.2) is 0 Å². The number of aromatic nitrogens is 2. The van der Waals surface area contributed by atoms with Crippen molar-refractivity contribution in [3.63, 3.8) is 0 Å². The van der Waals surface area contributed by atoms with E-state index in [-0.39, 0.29) is 0 Å². The summed E-state index contributed by atoms with van der Waals surface area (Å²) < 4.78 is 4.80. The highest BCUT2D eigenvalue weighted by Crippen LogP contribution is 2.34. The molecule has 4 aromatic rings. The number of nitrogens with zero attached hydrogens (tertiary/aromatic N) is 1. The number of hydrogen-bond acceptors (Lipinski definition) is 3. The minimum Gasteiger partial charge on any atom is -0.464 e. The lowest BCUT2D eigenvalue weighted by atomic mass is 10.00. The lowest BCUT2D eigenvalue weighted by molar-refractivity contribution is 0.0593. The van der Waals surface area contributed by atoms with E-state index >= 15 is 0 Å². The maximum absolute atomic E-state index is 11.8. The van der Waals surface area contributed by atoms with Crippen molar-refractivity contribution in [1.29, 1.82) is 0 Å². The Balaban J connectivity index is 1.87. The zero-order chi connectivity index (χ0) is 19.7. The number of methoxy groups -OCH3 is 1. The van der Waals surface area contributed by atoms with Gasteiger partial charge in [-0.2, -0.15) is 0 Å². The Hall–Kier alpha value is -3.11. The van der Waals surface area contributed by atoms with E-state index in [0.717, 1.165) is 44.0 Å². The summed E-state index contributed by atoms with van der Waals surface area (Å²) in [5.41, 5.74) is 6.34. The molecule has 0 bridgehead atoms. The maximum atomic E-state index is 11.8. The number of rotatable bonds is 4.